The van der Waals surface area contributed by atoms with Gasteiger partial charge in [0.25, 0.3) is 5.85 Å². The van der Waals surface area contributed by atoms with Crippen molar-refractivity contribution in [3.8, 4) is 0 Å². The third-order valence-electron chi connectivity index (χ3n) is 3.97. The second-order valence-corrected chi connectivity index (χ2v) is 15.5. The minimum atomic E-state index is -5.20. The quantitative estimate of drug-likeness (QED) is 0.293. The van der Waals surface area contributed by atoms with E-state index in [1.165, 1.54) is 10.9 Å². The van der Waals surface area contributed by atoms with E-state index < -0.39 is 58.3 Å². The van der Waals surface area contributed by atoms with E-state index in [0.29, 0.717) is 0 Å². The number of imidazole rings is 1. The molecule has 2 unspecified atom stereocenters. The second kappa shape index (κ2) is 8.94. The van der Waals surface area contributed by atoms with Crippen LogP contribution in [0.5, 0.6) is 0 Å². The summed E-state index contributed by atoms with van der Waals surface area (Å²) in [6.45, 7) is -0.842. The average molecular weight is 542 g/mol. The van der Waals surface area contributed by atoms with Gasteiger partial charge in [-0.1, -0.05) is 0 Å². The highest BCUT2D eigenvalue weighted by Crippen LogP contribution is 2.71. The lowest BCUT2D eigenvalue weighted by Gasteiger charge is -2.19. The van der Waals surface area contributed by atoms with Crippen LogP contribution in [0.1, 0.15) is 6.23 Å². The van der Waals surface area contributed by atoms with Crippen LogP contribution in [-0.4, -0.2) is 70.3 Å². The van der Waals surface area contributed by atoms with Gasteiger partial charge in [-0.3, -0.25) is 18.2 Å². The van der Waals surface area contributed by atoms with Crippen molar-refractivity contribution in [2.24, 2.45) is 0 Å². The molecule has 31 heavy (non-hydrogen) atoms. The van der Waals surface area contributed by atoms with Crippen molar-refractivity contribution in [3.05, 3.63) is 12.7 Å². The number of aliphatic hydroxyl groups is 2. The minimum absolute atomic E-state index is 0.0712. The number of halogens is 2. The van der Waals surface area contributed by atoms with Gasteiger partial charge in [0.15, 0.2) is 17.7 Å². The van der Waals surface area contributed by atoms with E-state index in [9.17, 15) is 33.7 Å². The Kier molecular flexibility index (Phi) is 7.20. The molecule has 0 aromatic carbocycles. The van der Waals surface area contributed by atoms with Crippen LogP contribution in [0.4, 0.5) is 5.82 Å². The lowest BCUT2D eigenvalue weighted by Crippen LogP contribution is -2.33. The topological polar surface area (TPSA) is 229 Å². The lowest BCUT2D eigenvalue weighted by molar-refractivity contribution is -0.0501. The SMILES string of the molecule is Nc1ncnc2c1ncn2[C@@H]1O[C@H](COP(=O)(O)OP(=O)(O)CP(=O)(Cl)Cl)[C@@H](O)[C@H]1O. The molecule has 1 aliphatic rings. The van der Waals surface area contributed by atoms with Crippen molar-refractivity contribution in [1.29, 1.82) is 0 Å². The molecule has 2 aromatic heterocycles. The number of nitrogens with zero attached hydrogens (tertiary/aromatic N) is 4. The summed E-state index contributed by atoms with van der Waals surface area (Å²) in [7, 11) is -10.2. The molecule has 2 aromatic rings. The monoisotopic (exact) mass is 541 g/mol. The molecular weight excluding hydrogens is 526 g/mol. The molecule has 20 heteroatoms. The van der Waals surface area contributed by atoms with Crippen LogP contribution < -0.4 is 5.73 Å². The number of phosphoric ester groups is 1. The molecule has 1 aliphatic heterocycles. The van der Waals surface area contributed by atoms with Crippen molar-refractivity contribution < 1.29 is 47.3 Å². The second-order valence-electron chi connectivity index (χ2n) is 6.32. The summed E-state index contributed by atoms with van der Waals surface area (Å²) in [6.07, 6.45) is -3.35. The predicted molar refractivity (Wildman–Crippen MR) is 107 cm³/mol. The molecule has 0 aliphatic carbocycles. The zero-order valence-electron chi connectivity index (χ0n) is 15.1. The van der Waals surface area contributed by atoms with Gasteiger partial charge in [-0.15, -0.1) is 0 Å². The van der Waals surface area contributed by atoms with Crippen LogP contribution in [0, 0.1) is 0 Å². The molecule has 6 N–H and O–H groups in total. The number of ether oxygens (including phenoxy) is 1. The summed E-state index contributed by atoms with van der Waals surface area (Å²) < 4.78 is 50.3. The number of phosphoric acid groups is 1. The third-order valence-corrected chi connectivity index (χ3v) is 11.0. The largest absolute Gasteiger partial charge is 0.479 e. The van der Waals surface area contributed by atoms with Crippen LogP contribution in [0.15, 0.2) is 12.7 Å². The standard InChI is InChI=1S/C11H16Cl2N5O10P3/c12-29(13,21)4-30(22,23)28-31(24,25)26-1-5-7(19)8(20)11(27-5)18-3-17-6-9(14)15-2-16-10(6)18/h2-3,5,7-8,11,19-20H,1,4H2,(H,22,23)(H,24,25)(H2,14,15,16)/t5-,7-,8-,11-/m1/s1. The number of nitrogens with two attached hydrogens (primary N) is 1. The molecule has 0 spiro atoms. The van der Waals surface area contributed by atoms with Gasteiger partial charge in [0.2, 0.25) is 0 Å². The first-order valence-electron chi connectivity index (χ1n) is 8.12. The van der Waals surface area contributed by atoms with Gasteiger partial charge in [-0.25, -0.2) is 23.8 Å². The van der Waals surface area contributed by atoms with Crippen LogP contribution in [0.25, 0.3) is 11.2 Å². The van der Waals surface area contributed by atoms with Crippen molar-refractivity contribution in [2.45, 2.75) is 24.5 Å². The Balaban J connectivity index is 1.69. The lowest BCUT2D eigenvalue weighted by atomic mass is 10.1. The summed E-state index contributed by atoms with van der Waals surface area (Å²) in [5.41, 5.74) is 6.10. The van der Waals surface area contributed by atoms with E-state index in [1.54, 1.807) is 0 Å². The van der Waals surface area contributed by atoms with Crippen LogP contribution >= 0.6 is 43.7 Å². The molecule has 0 saturated carbocycles. The number of anilines is 1. The fourth-order valence-corrected chi connectivity index (χ4v) is 9.32. The zero-order valence-corrected chi connectivity index (χ0v) is 19.3. The zero-order chi connectivity index (χ0) is 23.2. The number of rotatable bonds is 8. The number of hydrogen-bond acceptors (Lipinski definition) is 12. The van der Waals surface area contributed by atoms with E-state index in [2.05, 4.69) is 23.8 Å². The predicted octanol–water partition coefficient (Wildman–Crippen LogP) is 0.975. The van der Waals surface area contributed by atoms with E-state index in [0.717, 1.165) is 6.33 Å². The molecule has 1 fully saturated rings. The van der Waals surface area contributed by atoms with E-state index >= 15 is 0 Å². The Morgan fingerprint density at radius 3 is 2.48 bits per heavy atom. The van der Waals surface area contributed by atoms with Crippen LogP contribution in [-0.2, 0) is 27.3 Å². The Morgan fingerprint density at radius 1 is 1.16 bits per heavy atom. The van der Waals surface area contributed by atoms with E-state index in [4.69, 9.17) is 33.0 Å². The smallest absolute Gasteiger partial charge is 0.387 e. The van der Waals surface area contributed by atoms with E-state index in [-0.39, 0.29) is 17.0 Å². The summed E-state index contributed by atoms with van der Waals surface area (Å²) in [5.74, 6) is -5.32. The van der Waals surface area contributed by atoms with Crippen LogP contribution in [0.2, 0.25) is 0 Å². The third kappa shape index (κ3) is 6.02. The van der Waals surface area contributed by atoms with Gasteiger partial charge in [-0.05, 0) is 22.5 Å². The number of nitrogen functional groups attached to an aromatic ring is 1. The van der Waals surface area contributed by atoms with Gasteiger partial charge in [-0.2, -0.15) is 0 Å². The number of hydrogen-bond donors (Lipinski definition) is 5. The maximum Gasteiger partial charge on any atom is 0.479 e. The van der Waals surface area contributed by atoms with E-state index in [1.807, 2.05) is 0 Å². The molecule has 6 atom stereocenters. The normalized spacial score (nSPS) is 28.5. The van der Waals surface area contributed by atoms with Crippen molar-refractivity contribution in [2.75, 3.05) is 18.2 Å². The first-order chi connectivity index (χ1) is 14.2. The van der Waals surface area contributed by atoms with Crippen molar-refractivity contribution >= 4 is 60.7 Å². The first-order valence-corrected chi connectivity index (χ1v) is 15.1. The highest BCUT2D eigenvalue weighted by molar-refractivity contribution is 8.12. The fraction of sp³-hybridized carbons (Fsp3) is 0.545. The number of aromatic nitrogens is 4. The molecule has 0 radical (unpaired) electrons. The van der Waals surface area contributed by atoms with Gasteiger partial charge < -0.3 is 30.5 Å². The van der Waals surface area contributed by atoms with Crippen molar-refractivity contribution in [1.82, 2.24) is 19.5 Å². The summed E-state index contributed by atoms with van der Waals surface area (Å²) in [5, 5.41) is 20.5. The van der Waals surface area contributed by atoms with Gasteiger partial charge in [0.05, 0.1) is 12.9 Å². The summed E-state index contributed by atoms with van der Waals surface area (Å²) >= 11 is 10.3. The highest BCUT2D eigenvalue weighted by Gasteiger charge is 2.46. The molecular formula is C11H16Cl2N5O10P3. The maximum absolute atomic E-state index is 11.9. The fourth-order valence-electron chi connectivity index (χ4n) is 2.74. The Labute approximate surface area is 183 Å². The van der Waals surface area contributed by atoms with Crippen molar-refractivity contribution in [3.63, 3.8) is 0 Å². The van der Waals surface area contributed by atoms with Gasteiger partial charge in [0.1, 0.15) is 36.1 Å². The molecule has 3 rings (SSSR count). The molecule has 0 bridgehead atoms. The van der Waals surface area contributed by atoms with Gasteiger partial charge in [0, 0.05) is 0 Å². The Bertz CT molecular complexity index is 1110. The number of aliphatic hydroxyl groups excluding tert-OH is 2. The van der Waals surface area contributed by atoms with Crippen LogP contribution in [0.3, 0.4) is 0 Å². The first kappa shape index (κ1) is 25.0. The molecule has 15 nitrogen and oxygen atoms in total. The molecule has 1 saturated heterocycles. The minimum Gasteiger partial charge on any atom is -0.387 e. The van der Waals surface area contributed by atoms with Gasteiger partial charge >= 0.3 is 15.4 Å². The molecule has 174 valence electrons. The average Bonchev–Trinajstić information content (AvgIpc) is 3.13. The molecule has 0 amide bonds. The summed E-state index contributed by atoms with van der Waals surface area (Å²) in [6, 6.07) is 0. The Hall–Kier alpha value is -0.660. The highest BCUT2D eigenvalue weighted by atomic mass is 35.9. The Morgan fingerprint density at radius 2 is 1.84 bits per heavy atom. The maximum atomic E-state index is 11.9. The number of fused-ring (bicyclic) bond motifs is 1. The molecule has 3 heterocycles. The summed E-state index contributed by atoms with van der Waals surface area (Å²) in [4.78, 5) is 30.9.